The minimum Gasteiger partial charge on any atom is -0.493 e. The van der Waals surface area contributed by atoms with E-state index in [4.69, 9.17) is 15.0 Å². The molecule has 1 aromatic heterocycles. The Morgan fingerprint density at radius 3 is 2.84 bits per heavy atom. The number of nitrogens with zero attached hydrogens (tertiary/aromatic N) is 2. The van der Waals surface area contributed by atoms with Gasteiger partial charge in [-0.3, -0.25) is 0 Å². The predicted molar refractivity (Wildman–Crippen MR) is 69.9 cm³/mol. The van der Waals surface area contributed by atoms with Gasteiger partial charge in [-0.25, -0.2) is 0 Å². The fourth-order valence-corrected chi connectivity index (χ4v) is 2.16. The van der Waals surface area contributed by atoms with Crippen LogP contribution in [0.25, 0.3) is 0 Å². The third-order valence-corrected chi connectivity index (χ3v) is 3.24. The number of aromatic nitrogens is 2. The molecule has 2 heterocycles. The number of ether oxygens (including phenoxy) is 1. The molecule has 3 rings (SSSR count). The van der Waals surface area contributed by atoms with Crippen molar-refractivity contribution in [3.8, 4) is 5.75 Å². The molecule has 1 aromatic carbocycles. The summed E-state index contributed by atoms with van der Waals surface area (Å²) in [6.07, 6.45) is 0.861. The Bertz CT molecular complexity index is 586. The second-order valence-electron chi connectivity index (χ2n) is 5.50. The van der Waals surface area contributed by atoms with E-state index >= 15 is 0 Å². The van der Waals surface area contributed by atoms with Crippen LogP contribution in [0.4, 0.5) is 0 Å². The molecule has 0 bridgehead atoms. The van der Waals surface area contributed by atoms with E-state index in [-0.39, 0.29) is 5.92 Å². The molecule has 2 N–H and O–H groups in total. The smallest absolute Gasteiger partial charge is 0.246 e. The molecule has 0 aliphatic carbocycles. The Hall–Kier alpha value is -1.88. The zero-order valence-electron chi connectivity index (χ0n) is 11.1. The number of benzene rings is 1. The summed E-state index contributed by atoms with van der Waals surface area (Å²) in [5.74, 6) is 2.20. The van der Waals surface area contributed by atoms with Crippen molar-refractivity contribution >= 4 is 0 Å². The monoisotopic (exact) mass is 259 g/mol. The molecule has 1 unspecified atom stereocenters. The number of nitrogens with two attached hydrogens (primary N) is 1. The molecule has 0 radical (unpaired) electrons. The maximum absolute atomic E-state index is 5.95. The molecule has 19 heavy (non-hydrogen) atoms. The highest BCUT2D eigenvalue weighted by molar-refractivity contribution is 5.36. The van der Waals surface area contributed by atoms with Gasteiger partial charge in [0.25, 0.3) is 0 Å². The number of hydrogen-bond acceptors (Lipinski definition) is 5. The Balaban J connectivity index is 1.83. The third kappa shape index (κ3) is 2.33. The van der Waals surface area contributed by atoms with Crippen LogP contribution < -0.4 is 10.5 Å². The average Bonchev–Trinajstić information content (AvgIpc) is 2.87. The molecular formula is C14H17N3O2. The Kier molecular flexibility index (Phi) is 2.78. The normalized spacial score (nSPS) is 18.8. The predicted octanol–water partition coefficient (Wildman–Crippen LogP) is 1.98. The van der Waals surface area contributed by atoms with Gasteiger partial charge in [0.15, 0.2) is 5.82 Å². The van der Waals surface area contributed by atoms with Gasteiger partial charge in [-0.2, -0.15) is 4.98 Å². The molecule has 1 aliphatic rings. The van der Waals surface area contributed by atoms with Gasteiger partial charge in [-0.05, 0) is 31.9 Å². The molecule has 1 atom stereocenters. The Morgan fingerprint density at radius 1 is 1.32 bits per heavy atom. The van der Waals surface area contributed by atoms with Crippen LogP contribution in [0, 0.1) is 0 Å². The van der Waals surface area contributed by atoms with Crippen molar-refractivity contribution < 1.29 is 9.26 Å². The number of hydrogen-bond donors (Lipinski definition) is 1. The van der Waals surface area contributed by atoms with Crippen LogP contribution in [-0.4, -0.2) is 16.7 Å². The lowest BCUT2D eigenvalue weighted by molar-refractivity contribution is 0.252. The first-order chi connectivity index (χ1) is 9.04. The minimum atomic E-state index is -0.612. The lowest BCUT2D eigenvalue weighted by Gasteiger charge is -2.22. The summed E-state index contributed by atoms with van der Waals surface area (Å²) in [4.78, 5) is 4.40. The van der Waals surface area contributed by atoms with Gasteiger partial charge >= 0.3 is 0 Å². The zero-order valence-corrected chi connectivity index (χ0v) is 11.1. The van der Waals surface area contributed by atoms with Gasteiger partial charge in [-0.1, -0.05) is 23.4 Å². The van der Waals surface area contributed by atoms with Crippen LogP contribution in [-0.2, 0) is 12.0 Å². The van der Waals surface area contributed by atoms with Gasteiger partial charge in [0.1, 0.15) is 5.75 Å². The highest BCUT2D eigenvalue weighted by Gasteiger charge is 2.28. The molecule has 5 nitrogen and oxygen atoms in total. The molecule has 0 saturated carbocycles. The standard InChI is InChI=1S/C14H17N3O2/c1-14(2,15)13-16-12(17-19-13)10-7-9-5-3-4-6-11(9)18-8-10/h3-6,10H,7-8,15H2,1-2H3. The van der Waals surface area contributed by atoms with E-state index in [1.165, 1.54) is 5.56 Å². The summed E-state index contributed by atoms with van der Waals surface area (Å²) in [6, 6.07) is 8.03. The largest absolute Gasteiger partial charge is 0.493 e. The summed E-state index contributed by atoms with van der Waals surface area (Å²) < 4.78 is 11.0. The average molecular weight is 259 g/mol. The van der Waals surface area contributed by atoms with Crippen molar-refractivity contribution in [2.45, 2.75) is 31.7 Å². The summed E-state index contributed by atoms with van der Waals surface area (Å²) in [7, 11) is 0. The molecule has 5 heteroatoms. The molecule has 0 fully saturated rings. The van der Waals surface area contributed by atoms with Crippen molar-refractivity contribution in [3.05, 3.63) is 41.5 Å². The third-order valence-electron chi connectivity index (χ3n) is 3.24. The van der Waals surface area contributed by atoms with Crippen molar-refractivity contribution in [2.24, 2.45) is 5.73 Å². The van der Waals surface area contributed by atoms with E-state index < -0.39 is 5.54 Å². The van der Waals surface area contributed by atoms with E-state index in [9.17, 15) is 0 Å². The zero-order chi connectivity index (χ0) is 13.5. The summed E-state index contributed by atoms with van der Waals surface area (Å²) in [5, 5.41) is 4.03. The van der Waals surface area contributed by atoms with Crippen molar-refractivity contribution in [1.82, 2.24) is 10.1 Å². The van der Waals surface area contributed by atoms with Gasteiger partial charge in [-0.15, -0.1) is 0 Å². The molecular weight excluding hydrogens is 242 g/mol. The van der Waals surface area contributed by atoms with Crippen molar-refractivity contribution in [1.29, 1.82) is 0 Å². The molecule has 0 spiro atoms. The summed E-state index contributed by atoms with van der Waals surface area (Å²) >= 11 is 0. The van der Waals surface area contributed by atoms with E-state index in [1.54, 1.807) is 0 Å². The Morgan fingerprint density at radius 2 is 2.11 bits per heavy atom. The molecule has 0 saturated heterocycles. The van der Waals surface area contributed by atoms with Crippen LogP contribution in [0.2, 0.25) is 0 Å². The summed E-state index contributed by atoms with van der Waals surface area (Å²) in [6.45, 7) is 4.26. The second kappa shape index (κ2) is 4.35. The van der Waals surface area contributed by atoms with Crippen molar-refractivity contribution in [2.75, 3.05) is 6.61 Å². The fraction of sp³-hybridized carbons (Fsp3) is 0.429. The quantitative estimate of drug-likeness (QED) is 0.892. The SMILES string of the molecule is CC(C)(N)c1nc(C2COc3ccccc3C2)no1. The van der Waals surface area contributed by atoms with E-state index in [0.29, 0.717) is 18.3 Å². The van der Waals surface area contributed by atoms with E-state index in [2.05, 4.69) is 16.2 Å². The summed E-state index contributed by atoms with van der Waals surface area (Å²) in [5.41, 5.74) is 6.51. The lowest BCUT2D eigenvalue weighted by atomic mass is 9.96. The van der Waals surface area contributed by atoms with Crippen LogP contribution >= 0.6 is 0 Å². The topological polar surface area (TPSA) is 74.2 Å². The van der Waals surface area contributed by atoms with Gasteiger partial charge in [0.2, 0.25) is 5.89 Å². The number of rotatable bonds is 2. The van der Waals surface area contributed by atoms with Gasteiger partial charge in [0, 0.05) is 0 Å². The first-order valence-corrected chi connectivity index (χ1v) is 6.38. The first-order valence-electron chi connectivity index (χ1n) is 6.38. The van der Waals surface area contributed by atoms with Gasteiger partial charge < -0.3 is 15.0 Å². The molecule has 1 aliphatic heterocycles. The lowest BCUT2D eigenvalue weighted by Crippen LogP contribution is -2.29. The highest BCUT2D eigenvalue weighted by atomic mass is 16.5. The van der Waals surface area contributed by atoms with Crippen LogP contribution in [0.5, 0.6) is 5.75 Å². The van der Waals surface area contributed by atoms with E-state index in [1.807, 2.05) is 32.0 Å². The van der Waals surface area contributed by atoms with E-state index in [0.717, 1.165) is 12.2 Å². The first kappa shape index (κ1) is 12.2. The maximum Gasteiger partial charge on any atom is 0.246 e. The highest BCUT2D eigenvalue weighted by Crippen LogP contribution is 2.31. The van der Waals surface area contributed by atoms with Crippen LogP contribution in [0.1, 0.15) is 37.0 Å². The maximum atomic E-state index is 5.95. The fourth-order valence-electron chi connectivity index (χ4n) is 2.16. The van der Waals surface area contributed by atoms with Crippen molar-refractivity contribution in [3.63, 3.8) is 0 Å². The Labute approximate surface area is 111 Å². The molecule has 0 amide bonds. The minimum absolute atomic E-state index is 0.120. The number of fused-ring (bicyclic) bond motifs is 1. The number of para-hydroxylation sites is 1. The molecule has 2 aromatic rings. The molecule has 100 valence electrons. The van der Waals surface area contributed by atoms with Crippen LogP contribution in [0.15, 0.2) is 28.8 Å². The van der Waals surface area contributed by atoms with Gasteiger partial charge in [0.05, 0.1) is 18.1 Å². The van der Waals surface area contributed by atoms with Crippen LogP contribution in [0.3, 0.4) is 0 Å². The second-order valence-corrected chi connectivity index (χ2v) is 5.50.